The Hall–Kier alpha value is -0.800. The summed E-state index contributed by atoms with van der Waals surface area (Å²) < 4.78 is 0. The Morgan fingerprint density at radius 2 is 1.53 bits per heavy atom. The highest BCUT2D eigenvalue weighted by molar-refractivity contribution is 7.10. The van der Waals surface area contributed by atoms with E-state index in [0.29, 0.717) is 0 Å². The first-order chi connectivity index (χ1) is 9.15. The average molecular weight is 304 g/mol. The van der Waals surface area contributed by atoms with Gasteiger partial charge in [-0.05, 0) is 22.9 Å². The van der Waals surface area contributed by atoms with Gasteiger partial charge in [-0.25, -0.2) is 0 Å². The third-order valence-electron chi connectivity index (χ3n) is 1.94. The van der Waals surface area contributed by atoms with Crippen LogP contribution in [-0.4, -0.2) is 29.0 Å². The van der Waals surface area contributed by atoms with Crippen LogP contribution in [0.25, 0.3) is 0 Å². The van der Waals surface area contributed by atoms with E-state index in [9.17, 15) is 0 Å². The zero-order valence-electron chi connectivity index (χ0n) is 10.6. The molecule has 0 saturated carbocycles. The zero-order chi connectivity index (χ0) is 14.7. The molecule has 2 aromatic rings. The maximum absolute atomic E-state index is 8.70. The fourth-order valence-corrected chi connectivity index (χ4v) is 2.38. The van der Waals surface area contributed by atoms with Gasteiger partial charge in [-0.1, -0.05) is 12.1 Å². The number of thiophene rings is 2. The van der Waals surface area contributed by atoms with E-state index in [1.807, 2.05) is 29.0 Å². The second kappa shape index (κ2) is 11.1. The average Bonchev–Trinajstić information content (AvgIpc) is 3.13. The molecule has 0 fully saturated rings. The van der Waals surface area contributed by atoms with E-state index in [-0.39, 0.29) is 12.6 Å². The second-order valence-electron chi connectivity index (χ2n) is 3.26. The van der Waals surface area contributed by atoms with Crippen molar-refractivity contribution in [1.82, 2.24) is 0 Å². The van der Waals surface area contributed by atoms with Gasteiger partial charge in [0.15, 0.2) is 0 Å². The molecule has 0 aromatic carbocycles. The van der Waals surface area contributed by atoms with Crippen LogP contribution in [0.3, 0.4) is 0 Å². The standard InChI is InChI=1S/C6H9NOS.C5H7NOS.CH4O/c7-5(4-8)6-2-1-3-9-6;6-5(7)4-2-1-3-8-4;1-2/h1-3,5,8H,4,7H2;1-3,5,7H,6H2;2H,1H3. The van der Waals surface area contributed by atoms with Gasteiger partial charge in [-0.15, -0.1) is 22.7 Å². The second-order valence-corrected chi connectivity index (χ2v) is 5.22. The summed E-state index contributed by atoms with van der Waals surface area (Å²) in [6, 6.07) is 7.32. The van der Waals surface area contributed by atoms with Crippen LogP contribution in [-0.2, 0) is 0 Å². The first-order valence-corrected chi connectivity index (χ1v) is 7.22. The summed E-state index contributed by atoms with van der Waals surface area (Å²) in [6.07, 6.45) is -0.796. The molecule has 2 heterocycles. The van der Waals surface area contributed by atoms with Gasteiger partial charge in [0.1, 0.15) is 6.23 Å². The number of hydrogen-bond donors (Lipinski definition) is 5. The molecular formula is C12H20N2O3S2. The molecule has 0 radical (unpaired) electrons. The third-order valence-corrected chi connectivity index (χ3v) is 3.89. The number of nitrogens with two attached hydrogens (primary N) is 2. The van der Waals surface area contributed by atoms with E-state index >= 15 is 0 Å². The van der Waals surface area contributed by atoms with E-state index in [4.69, 9.17) is 26.8 Å². The van der Waals surface area contributed by atoms with Crippen molar-refractivity contribution in [3.8, 4) is 0 Å². The van der Waals surface area contributed by atoms with Gasteiger partial charge in [-0.2, -0.15) is 0 Å². The lowest BCUT2D eigenvalue weighted by atomic mass is 10.3. The first kappa shape index (κ1) is 18.2. The summed E-state index contributed by atoms with van der Waals surface area (Å²) in [6.45, 7) is 0.0283. The van der Waals surface area contributed by atoms with Crippen LogP contribution in [0.1, 0.15) is 22.0 Å². The molecule has 0 aliphatic rings. The maximum Gasteiger partial charge on any atom is 0.137 e. The molecular weight excluding hydrogens is 284 g/mol. The van der Waals surface area contributed by atoms with E-state index in [0.717, 1.165) is 16.9 Å². The molecule has 0 amide bonds. The Balaban J connectivity index is 0.000000303. The van der Waals surface area contributed by atoms with Crippen molar-refractivity contribution in [2.75, 3.05) is 13.7 Å². The minimum atomic E-state index is -0.796. The quantitative estimate of drug-likeness (QED) is 0.544. The Kier molecular flexibility index (Phi) is 10.6. The molecule has 7 heteroatoms. The van der Waals surface area contributed by atoms with Gasteiger partial charge >= 0.3 is 0 Å². The van der Waals surface area contributed by atoms with Gasteiger partial charge in [0.2, 0.25) is 0 Å². The van der Waals surface area contributed by atoms with Crippen molar-refractivity contribution in [3.63, 3.8) is 0 Å². The van der Waals surface area contributed by atoms with Crippen LogP contribution in [0.2, 0.25) is 0 Å². The lowest BCUT2D eigenvalue weighted by Crippen LogP contribution is -2.12. The van der Waals surface area contributed by atoms with Crippen LogP contribution >= 0.6 is 22.7 Å². The molecule has 0 saturated heterocycles. The summed E-state index contributed by atoms with van der Waals surface area (Å²) in [5.74, 6) is 0. The number of aliphatic hydroxyl groups excluding tert-OH is 3. The molecule has 2 unspecified atom stereocenters. The number of rotatable bonds is 3. The van der Waals surface area contributed by atoms with Crippen molar-refractivity contribution in [2.24, 2.45) is 11.5 Å². The molecule has 0 bridgehead atoms. The molecule has 5 nitrogen and oxygen atoms in total. The predicted octanol–water partition coefficient (Wildman–Crippen LogP) is 1.05. The molecule has 2 aromatic heterocycles. The minimum Gasteiger partial charge on any atom is -0.400 e. The smallest absolute Gasteiger partial charge is 0.137 e. The lowest BCUT2D eigenvalue weighted by molar-refractivity contribution is 0.190. The van der Waals surface area contributed by atoms with Crippen LogP contribution in [0.15, 0.2) is 35.0 Å². The van der Waals surface area contributed by atoms with Crippen LogP contribution in [0, 0.1) is 0 Å². The SMILES string of the molecule is CO.NC(CO)c1cccs1.NC(O)c1cccs1. The van der Waals surface area contributed by atoms with Crippen LogP contribution in [0.5, 0.6) is 0 Å². The molecule has 19 heavy (non-hydrogen) atoms. The van der Waals surface area contributed by atoms with Crippen molar-refractivity contribution in [1.29, 1.82) is 0 Å². The molecule has 0 spiro atoms. The zero-order valence-corrected chi connectivity index (χ0v) is 12.3. The highest BCUT2D eigenvalue weighted by atomic mass is 32.1. The Labute approximate surface area is 120 Å². The van der Waals surface area contributed by atoms with E-state index in [1.165, 1.54) is 11.3 Å². The van der Waals surface area contributed by atoms with E-state index < -0.39 is 6.23 Å². The van der Waals surface area contributed by atoms with Gasteiger partial charge in [0, 0.05) is 16.9 Å². The highest BCUT2D eigenvalue weighted by Crippen LogP contribution is 2.15. The summed E-state index contributed by atoms with van der Waals surface area (Å²) in [7, 11) is 1.00. The lowest BCUT2D eigenvalue weighted by Gasteiger charge is -2.01. The van der Waals surface area contributed by atoms with Gasteiger partial charge < -0.3 is 26.8 Å². The maximum atomic E-state index is 8.70. The molecule has 2 rings (SSSR count). The molecule has 0 aliphatic heterocycles. The van der Waals surface area contributed by atoms with Crippen LogP contribution < -0.4 is 11.5 Å². The molecule has 108 valence electrons. The fraction of sp³-hybridized carbons (Fsp3) is 0.333. The number of aliphatic hydroxyl groups is 3. The van der Waals surface area contributed by atoms with Gasteiger partial charge in [-0.3, -0.25) is 0 Å². The van der Waals surface area contributed by atoms with Gasteiger partial charge in [0.05, 0.1) is 12.6 Å². The van der Waals surface area contributed by atoms with E-state index in [1.54, 1.807) is 17.4 Å². The summed E-state index contributed by atoms with van der Waals surface area (Å²) in [4.78, 5) is 1.85. The Morgan fingerprint density at radius 3 is 1.79 bits per heavy atom. The Bertz CT molecular complexity index is 391. The first-order valence-electron chi connectivity index (χ1n) is 5.46. The van der Waals surface area contributed by atoms with Crippen LogP contribution in [0.4, 0.5) is 0 Å². The van der Waals surface area contributed by atoms with Crippen molar-refractivity contribution in [3.05, 3.63) is 44.8 Å². The van der Waals surface area contributed by atoms with Crippen molar-refractivity contribution in [2.45, 2.75) is 12.3 Å². The van der Waals surface area contributed by atoms with E-state index in [2.05, 4.69) is 0 Å². The molecule has 2 atom stereocenters. The summed E-state index contributed by atoms with van der Waals surface area (Å²) >= 11 is 3.03. The highest BCUT2D eigenvalue weighted by Gasteiger charge is 2.02. The van der Waals surface area contributed by atoms with Gasteiger partial charge in [0.25, 0.3) is 0 Å². The normalized spacial score (nSPS) is 12.5. The van der Waals surface area contributed by atoms with Crippen molar-refractivity contribution >= 4 is 22.7 Å². The largest absolute Gasteiger partial charge is 0.400 e. The topological polar surface area (TPSA) is 113 Å². The summed E-state index contributed by atoms with van der Waals surface area (Å²) in [5.41, 5.74) is 10.6. The fourth-order valence-electron chi connectivity index (χ4n) is 1.05. The molecule has 7 N–H and O–H groups in total. The Morgan fingerprint density at radius 1 is 1.05 bits per heavy atom. The minimum absolute atomic E-state index is 0.0283. The monoisotopic (exact) mass is 304 g/mol. The van der Waals surface area contributed by atoms with Crippen molar-refractivity contribution < 1.29 is 15.3 Å². The predicted molar refractivity (Wildman–Crippen MR) is 79.9 cm³/mol. The summed E-state index contributed by atoms with van der Waals surface area (Å²) in [5, 5.41) is 28.1. The number of hydrogen-bond acceptors (Lipinski definition) is 7. The molecule has 0 aliphatic carbocycles. The third kappa shape index (κ3) is 7.38.